The minimum atomic E-state index is -0.832. The largest absolute Gasteiger partial charge is 0.485 e. The zero-order chi connectivity index (χ0) is 15.2. The average Bonchev–Trinajstić information content (AvgIpc) is 2.86. The van der Waals surface area contributed by atoms with Crippen molar-refractivity contribution < 1.29 is 14.6 Å². The highest BCUT2D eigenvalue weighted by Crippen LogP contribution is 2.44. The Morgan fingerprint density at radius 3 is 2.77 bits per heavy atom. The Kier molecular flexibility index (Phi) is 4.41. The van der Waals surface area contributed by atoms with Crippen LogP contribution in [0.3, 0.4) is 0 Å². The smallest absolute Gasteiger partial charge is 0.223 e. The Hall–Kier alpha value is -1.71. The zero-order valence-electron chi connectivity index (χ0n) is 12.7. The Bertz CT molecular complexity index is 639. The van der Waals surface area contributed by atoms with Gasteiger partial charge in [0.25, 0.3) is 0 Å². The number of ether oxygens (including phenoxy) is 1. The van der Waals surface area contributed by atoms with Gasteiger partial charge in [-0.3, -0.25) is 4.79 Å². The highest BCUT2D eigenvalue weighted by molar-refractivity contribution is 7.59. The van der Waals surface area contributed by atoms with Crippen molar-refractivity contribution in [2.24, 2.45) is 0 Å². The van der Waals surface area contributed by atoms with E-state index in [1.165, 1.54) is 0 Å². The molecule has 1 amide bonds. The van der Waals surface area contributed by atoms with Crippen LogP contribution in [-0.4, -0.2) is 34.2 Å². The molecule has 1 aromatic carbocycles. The number of aliphatic hydroxyl groups excluding tert-OH is 1. The van der Waals surface area contributed by atoms with Crippen LogP contribution in [0.5, 0.6) is 5.75 Å². The number of amides is 1. The molecule has 0 radical (unpaired) electrons. The molecule has 1 N–H and O–H groups in total. The lowest BCUT2D eigenvalue weighted by Gasteiger charge is -2.45. The third-order valence-electron chi connectivity index (χ3n) is 4.29. The minimum Gasteiger partial charge on any atom is -0.485 e. The maximum absolute atomic E-state index is 12.1. The highest BCUT2D eigenvalue weighted by Gasteiger charge is 2.47. The number of benzene rings is 1. The van der Waals surface area contributed by atoms with E-state index in [1.54, 1.807) is 23.1 Å². The number of carbonyl (C=O) groups is 1. The summed E-state index contributed by atoms with van der Waals surface area (Å²) in [6, 6.07) is 6.79. The van der Waals surface area contributed by atoms with Gasteiger partial charge in [-0.15, -0.1) is 0 Å². The molecule has 2 aliphatic heterocycles. The van der Waals surface area contributed by atoms with Crippen molar-refractivity contribution in [2.45, 2.75) is 44.4 Å². The lowest BCUT2D eigenvalue weighted by atomic mass is 9.85. The molecule has 1 saturated heterocycles. The van der Waals surface area contributed by atoms with Crippen LogP contribution in [0.15, 0.2) is 18.2 Å². The molecule has 1 fully saturated rings. The normalized spacial score (nSPS) is 25.7. The number of hydrogen-bond acceptors (Lipinski definition) is 4. The second kappa shape index (κ2) is 5.82. The predicted molar refractivity (Wildman–Crippen MR) is 85.9 cm³/mol. The van der Waals surface area contributed by atoms with Crippen LogP contribution < -0.4 is 4.74 Å². The number of nitrogens with zero attached hydrogens (tertiary/aromatic N) is 2. The Balaban J connectivity index is 0.00000176. The molecule has 5 nitrogen and oxygen atoms in total. The van der Waals surface area contributed by atoms with E-state index in [2.05, 4.69) is 6.07 Å². The first-order chi connectivity index (χ1) is 9.94. The number of rotatable bonds is 1. The van der Waals surface area contributed by atoms with Crippen molar-refractivity contribution in [3.05, 3.63) is 29.3 Å². The van der Waals surface area contributed by atoms with Crippen molar-refractivity contribution in [1.82, 2.24) is 4.90 Å². The van der Waals surface area contributed by atoms with E-state index in [4.69, 9.17) is 10.00 Å². The molecule has 2 aliphatic rings. The second-order valence-electron chi connectivity index (χ2n) is 6.15. The van der Waals surface area contributed by atoms with E-state index in [0.29, 0.717) is 24.3 Å². The standard InChI is InChI=1S/C16H18N2O3.H2S/c1-16(2)15(20)14(18-7-3-4-13(18)19)11-8-10(9-17)5-6-12(11)21-16;/h5-6,8,14-15,20H,3-4,7H2,1-2H3;1H2/t14-,15+;/m0./s1. The zero-order valence-corrected chi connectivity index (χ0v) is 13.7. The number of likely N-dealkylation sites (tertiary alicyclic amines) is 1. The molecule has 0 spiro atoms. The van der Waals surface area contributed by atoms with Crippen molar-refractivity contribution in [1.29, 1.82) is 5.26 Å². The first-order valence-corrected chi connectivity index (χ1v) is 7.14. The molecular weight excluding hydrogens is 300 g/mol. The van der Waals surface area contributed by atoms with E-state index >= 15 is 0 Å². The quantitative estimate of drug-likeness (QED) is 0.857. The van der Waals surface area contributed by atoms with Crippen molar-refractivity contribution >= 4 is 19.4 Å². The van der Waals surface area contributed by atoms with E-state index in [1.807, 2.05) is 13.8 Å². The van der Waals surface area contributed by atoms with Gasteiger partial charge in [-0.25, -0.2) is 0 Å². The Labute approximate surface area is 136 Å². The van der Waals surface area contributed by atoms with Crippen molar-refractivity contribution in [2.75, 3.05) is 6.54 Å². The molecule has 2 atom stereocenters. The number of aliphatic hydroxyl groups is 1. The minimum absolute atomic E-state index is 0. The van der Waals surface area contributed by atoms with E-state index < -0.39 is 17.7 Å². The van der Waals surface area contributed by atoms with Gasteiger partial charge in [0, 0.05) is 18.5 Å². The Morgan fingerprint density at radius 1 is 1.45 bits per heavy atom. The molecule has 0 bridgehead atoms. The number of hydrogen-bond donors (Lipinski definition) is 1. The average molecular weight is 320 g/mol. The van der Waals surface area contributed by atoms with Gasteiger partial charge in [-0.1, -0.05) is 0 Å². The van der Waals surface area contributed by atoms with Crippen molar-refractivity contribution in [3.63, 3.8) is 0 Å². The van der Waals surface area contributed by atoms with Crippen LogP contribution in [0.25, 0.3) is 0 Å². The molecule has 0 unspecified atom stereocenters. The molecule has 0 aliphatic carbocycles. The van der Waals surface area contributed by atoms with Gasteiger partial charge in [0.15, 0.2) is 0 Å². The molecule has 22 heavy (non-hydrogen) atoms. The molecule has 1 aromatic rings. The molecule has 6 heteroatoms. The van der Waals surface area contributed by atoms with Crippen LogP contribution in [0, 0.1) is 11.3 Å². The van der Waals surface area contributed by atoms with Gasteiger partial charge in [0.2, 0.25) is 5.91 Å². The van der Waals surface area contributed by atoms with E-state index in [9.17, 15) is 9.90 Å². The fourth-order valence-corrected chi connectivity index (χ4v) is 3.14. The third-order valence-corrected chi connectivity index (χ3v) is 4.29. The van der Waals surface area contributed by atoms with Gasteiger partial charge in [-0.05, 0) is 38.5 Å². The van der Waals surface area contributed by atoms with Gasteiger partial charge in [-0.2, -0.15) is 18.8 Å². The lowest BCUT2D eigenvalue weighted by molar-refractivity contribution is -0.139. The van der Waals surface area contributed by atoms with Gasteiger partial charge in [0.1, 0.15) is 17.5 Å². The maximum Gasteiger partial charge on any atom is 0.223 e. The van der Waals surface area contributed by atoms with Crippen LogP contribution in [0.1, 0.15) is 43.9 Å². The monoisotopic (exact) mass is 320 g/mol. The number of nitriles is 1. The van der Waals surface area contributed by atoms with Gasteiger partial charge < -0.3 is 14.7 Å². The van der Waals surface area contributed by atoms with Gasteiger partial charge >= 0.3 is 0 Å². The van der Waals surface area contributed by atoms with E-state index in [0.717, 1.165) is 12.0 Å². The first-order valence-electron chi connectivity index (χ1n) is 7.14. The fourth-order valence-electron chi connectivity index (χ4n) is 3.14. The summed E-state index contributed by atoms with van der Waals surface area (Å²) in [6.07, 6.45) is 0.481. The fraction of sp³-hybridized carbons (Fsp3) is 0.500. The van der Waals surface area contributed by atoms with Crippen LogP contribution in [0.4, 0.5) is 0 Å². The number of fused-ring (bicyclic) bond motifs is 1. The summed E-state index contributed by atoms with van der Waals surface area (Å²) < 4.78 is 5.86. The highest BCUT2D eigenvalue weighted by atomic mass is 32.1. The third kappa shape index (κ3) is 2.55. The summed E-state index contributed by atoms with van der Waals surface area (Å²) in [7, 11) is 0. The summed E-state index contributed by atoms with van der Waals surface area (Å²) in [4.78, 5) is 13.8. The van der Waals surface area contributed by atoms with Crippen LogP contribution in [-0.2, 0) is 4.79 Å². The molecule has 0 aromatic heterocycles. The van der Waals surface area contributed by atoms with Gasteiger partial charge in [0.05, 0.1) is 17.7 Å². The Morgan fingerprint density at radius 2 is 2.18 bits per heavy atom. The number of carbonyl (C=O) groups excluding carboxylic acids is 1. The summed E-state index contributed by atoms with van der Waals surface area (Å²) >= 11 is 0. The lowest BCUT2D eigenvalue weighted by Crippen LogP contribution is -2.53. The maximum atomic E-state index is 12.1. The van der Waals surface area contributed by atoms with E-state index in [-0.39, 0.29) is 19.4 Å². The SMILES string of the molecule is CC1(C)Oc2ccc(C#N)cc2[C@H](N2CCCC2=O)[C@H]1O.S. The second-order valence-corrected chi connectivity index (χ2v) is 6.15. The van der Waals surface area contributed by atoms with Crippen LogP contribution >= 0.6 is 13.5 Å². The topological polar surface area (TPSA) is 73.6 Å². The molecule has 2 heterocycles. The first kappa shape index (κ1) is 16.7. The predicted octanol–water partition coefficient (Wildman–Crippen LogP) is 1.87. The van der Waals surface area contributed by atoms with Crippen LogP contribution in [0.2, 0.25) is 0 Å². The molecule has 3 rings (SSSR count). The van der Waals surface area contributed by atoms with Crippen molar-refractivity contribution in [3.8, 4) is 11.8 Å². The summed E-state index contributed by atoms with van der Waals surface area (Å²) in [6.45, 7) is 4.26. The summed E-state index contributed by atoms with van der Waals surface area (Å²) in [5.74, 6) is 0.680. The summed E-state index contributed by atoms with van der Waals surface area (Å²) in [5, 5.41) is 19.8. The molecule has 118 valence electrons. The molecule has 0 saturated carbocycles. The summed E-state index contributed by atoms with van der Waals surface area (Å²) in [5.41, 5.74) is 0.436. The molecular formula is C16H20N2O3S.